The van der Waals surface area contributed by atoms with Crippen molar-refractivity contribution in [3.05, 3.63) is 91.6 Å². The van der Waals surface area contributed by atoms with Gasteiger partial charge in [-0.15, -0.1) is 0 Å². The molecule has 0 atom stereocenters. The van der Waals surface area contributed by atoms with E-state index in [0.29, 0.717) is 17.1 Å². The molecule has 8 nitrogen and oxygen atoms in total. The number of carbonyl (C=O) groups is 1. The summed E-state index contributed by atoms with van der Waals surface area (Å²) in [5.74, 6) is -0.989. The number of nitrogens with one attached hydrogen (secondary N) is 1. The molecule has 2 aromatic carbocycles. The maximum absolute atomic E-state index is 12.9. The van der Waals surface area contributed by atoms with Gasteiger partial charge in [-0.3, -0.25) is 14.6 Å². The fourth-order valence-corrected chi connectivity index (χ4v) is 3.56. The number of aryl methyl sites for hydroxylation is 2. The minimum atomic E-state index is -0.797. The number of hydrogen-bond donors (Lipinski definition) is 2. The predicted octanol–water partition coefficient (Wildman–Crippen LogP) is 2.65. The topological polar surface area (TPSA) is 108 Å². The Hall–Kier alpha value is -4.20. The lowest BCUT2D eigenvalue weighted by atomic mass is 10.1. The first-order valence-electron chi connectivity index (χ1n) is 9.60. The van der Waals surface area contributed by atoms with E-state index in [-0.39, 0.29) is 11.1 Å². The fourth-order valence-electron chi connectivity index (χ4n) is 3.56. The monoisotopic (exact) mass is 416 g/mol. The van der Waals surface area contributed by atoms with Crippen LogP contribution >= 0.6 is 0 Å². The van der Waals surface area contributed by atoms with Gasteiger partial charge in [0.1, 0.15) is 5.56 Å². The Morgan fingerprint density at radius 1 is 0.935 bits per heavy atom. The van der Waals surface area contributed by atoms with Gasteiger partial charge in [-0.25, -0.2) is 9.36 Å². The molecule has 0 unspecified atom stereocenters. The highest BCUT2D eigenvalue weighted by atomic mass is 16.3. The minimum absolute atomic E-state index is 0.148. The summed E-state index contributed by atoms with van der Waals surface area (Å²) in [6, 6.07) is 14.2. The molecule has 0 spiro atoms. The largest absolute Gasteiger partial charge is 0.494 e. The van der Waals surface area contributed by atoms with Gasteiger partial charge >= 0.3 is 5.69 Å². The van der Waals surface area contributed by atoms with E-state index >= 15 is 0 Å². The molecule has 156 valence electrons. The van der Waals surface area contributed by atoms with Crippen molar-refractivity contribution in [3.63, 3.8) is 0 Å². The summed E-state index contributed by atoms with van der Waals surface area (Å²) >= 11 is 0. The van der Waals surface area contributed by atoms with E-state index in [1.54, 1.807) is 43.3 Å². The van der Waals surface area contributed by atoms with Crippen LogP contribution < -0.4 is 16.3 Å². The number of aromatic amines is 1. The molecule has 31 heavy (non-hydrogen) atoms. The van der Waals surface area contributed by atoms with E-state index in [1.165, 1.54) is 11.1 Å². The van der Waals surface area contributed by atoms with Gasteiger partial charge in [-0.05, 0) is 62.2 Å². The van der Waals surface area contributed by atoms with E-state index < -0.39 is 23.0 Å². The normalized spacial score (nSPS) is 14.9. The quantitative estimate of drug-likeness (QED) is 0.640. The summed E-state index contributed by atoms with van der Waals surface area (Å²) in [6.45, 7) is 5.36. The summed E-state index contributed by atoms with van der Waals surface area (Å²) in [7, 11) is 0. The first-order chi connectivity index (χ1) is 14.8. The second-order valence-electron chi connectivity index (χ2n) is 7.37. The summed E-state index contributed by atoms with van der Waals surface area (Å²) in [5, 5.41) is 16.3. The number of aromatic hydroxyl groups is 1. The molecule has 0 saturated carbocycles. The van der Waals surface area contributed by atoms with Crippen LogP contribution in [0.4, 0.5) is 5.69 Å². The SMILES string of the molecule is CC1=NN(c2ccccc2)C(=O)C1=Cc1c(O)n(-c2cc(C)cc(C)c2)c(=O)[nH]c1=O. The van der Waals surface area contributed by atoms with E-state index in [0.717, 1.165) is 15.7 Å². The predicted molar refractivity (Wildman–Crippen MR) is 119 cm³/mol. The molecular formula is C23H20N4O4. The van der Waals surface area contributed by atoms with Crippen LogP contribution in [0.2, 0.25) is 0 Å². The van der Waals surface area contributed by atoms with Crippen molar-refractivity contribution < 1.29 is 9.90 Å². The van der Waals surface area contributed by atoms with Crippen LogP contribution in [-0.4, -0.2) is 26.3 Å². The van der Waals surface area contributed by atoms with E-state index in [2.05, 4.69) is 10.1 Å². The third-order valence-corrected chi connectivity index (χ3v) is 4.94. The molecule has 0 bridgehead atoms. The van der Waals surface area contributed by atoms with E-state index in [4.69, 9.17) is 0 Å². The van der Waals surface area contributed by atoms with Gasteiger partial charge in [-0.1, -0.05) is 24.3 Å². The second-order valence-corrected chi connectivity index (χ2v) is 7.37. The van der Waals surface area contributed by atoms with Crippen LogP contribution in [0.3, 0.4) is 0 Å². The third-order valence-electron chi connectivity index (χ3n) is 4.94. The van der Waals surface area contributed by atoms with Crippen molar-refractivity contribution in [2.75, 3.05) is 5.01 Å². The molecule has 2 heterocycles. The van der Waals surface area contributed by atoms with Crippen molar-refractivity contribution in [2.24, 2.45) is 5.10 Å². The van der Waals surface area contributed by atoms with E-state index in [9.17, 15) is 19.5 Å². The average molecular weight is 416 g/mol. The molecule has 0 radical (unpaired) electrons. The van der Waals surface area contributed by atoms with Crippen LogP contribution in [0.15, 0.2) is 68.8 Å². The maximum Gasteiger partial charge on any atom is 0.335 e. The van der Waals surface area contributed by atoms with Gasteiger partial charge in [0.25, 0.3) is 11.5 Å². The Morgan fingerprint density at radius 2 is 1.58 bits per heavy atom. The molecule has 2 N–H and O–H groups in total. The number of amides is 1. The van der Waals surface area contributed by atoms with Crippen molar-refractivity contribution in [1.82, 2.24) is 9.55 Å². The molecule has 1 aliphatic rings. The van der Waals surface area contributed by atoms with Crippen molar-refractivity contribution in [2.45, 2.75) is 20.8 Å². The number of rotatable bonds is 3. The summed E-state index contributed by atoms with van der Waals surface area (Å²) in [6.07, 6.45) is 1.26. The number of nitrogens with zero attached hydrogens (tertiary/aromatic N) is 3. The smallest absolute Gasteiger partial charge is 0.335 e. The number of carbonyl (C=O) groups excluding carboxylic acids is 1. The first kappa shape index (κ1) is 20.1. The zero-order chi connectivity index (χ0) is 22.3. The minimum Gasteiger partial charge on any atom is -0.494 e. The molecule has 4 rings (SSSR count). The highest BCUT2D eigenvalue weighted by Crippen LogP contribution is 2.26. The molecular weight excluding hydrogens is 396 g/mol. The van der Waals surface area contributed by atoms with Gasteiger partial charge in [0.15, 0.2) is 0 Å². The Balaban J connectivity index is 1.85. The summed E-state index contributed by atoms with van der Waals surface area (Å²) in [5.41, 5.74) is 1.52. The highest BCUT2D eigenvalue weighted by Gasteiger charge is 2.29. The van der Waals surface area contributed by atoms with Gasteiger partial charge in [-0.2, -0.15) is 10.1 Å². The Bertz CT molecular complexity index is 1360. The Kier molecular flexibility index (Phi) is 4.90. The lowest BCUT2D eigenvalue weighted by molar-refractivity contribution is -0.114. The number of H-pyrrole nitrogens is 1. The number of anilines is 1. The zero-order valence-corrected chi connectivity index (χ0v) is 17.2. The molecule has 8 heteroatoms. The molecule has 1 aliphatic heterocycles. The standard InChI is InChI=1S/C23H20N4O4/c1-13-9-14(2)11-17(10-13)26-21(29)19(20(28)24-23(26)31)12-18-15(3)25-27(22(18)30)16-7-5-4-6-8-16/h4-12,29H,1-3H3,(H,24,28,31). The van der Waals surface area contributed by atoms with Crippen molar-refractivity contribution in [3.8, 4) is 11.6 Å². The third kappa shape index (κ3) is 3.59. The van der Waals surface area contributed by atoms with Gasteiger partial charge < -0.3 is 5.11 Å². The molecule has 0 aliphatic carbocycles. The van der Waals surface area contributed by atoms with Crippen LogP contribution in [-0.2, 0) is 4.79 Å². The average Bonchev–Trinajstić information content (AvgIpc) is 2.98. The number of hydrazone groups is 1. The van der Waals surface area contributed by atoms with Crippen LogP contribution in [0, 0.1) is 13.8 Å². The summed E-state index contributed by atoms with van der Waals surface area (Å²) in [4.78, 5) is 40.1. The molecule has 0 saturated heterocycles. The number of benzene rings is 2. The maximum atomic E-state index is 12.9. The molecule has 0 fully saturated rings. The highest BCUT2D eigenvalue weighted by molar-refractivity contribution is 6.32. The van der Waals surface area contributed by atoms with Crippen LogP contribution in [0.1, 0.15) is 23.6 Å². The fraction of sp³-hybridized carbons (Fsp3) is 0.130. The second kappa shape index (κ2) is 7.56. The lowest BCUT2D eigenvalue weighted by Gasteiger charge is -2.12. The number of para-hydroxylation sites is 1. The molecule has 1 aromatic heterocycles. The van der Waals surface area contributed by atoms with Gasteiger partial charge in [0, 0.05) is 0 Å². The van der Waals surface area contributed by atoms with Crippen molar-refractivity contribution >= 4 is 23.4 Å². The van der Waals surface area contributed by atoms with Crippen LogP contribution in [0.25, 0.3) is 11.8 Å². The first-order valence-corrected chi connectivity index (χ1v) is 9.60. The number of aromatic nitrogens is 2. The summed E-state index contributed by atoms with van der Waals surface area (Å²) < 4.78 is 1.01. The van der Waals surface area contributed by atoms with E-state index in [1.807, 2.05) is 26.0 Å². The Morgan fingerprint density at radius 3 is 2.23 bits per heavy atom. The zero-order valence-electron chi connectivity index (χ0n) is 17.2. The molecule has 1 amide bonds. The van der Waals surface area contributed by atoms with Gasteiger partial charge in [0.2, 0.25) is 5.88 Å². The van der Waals surface area contributed by atoms with Gasteiger partial charge in [0.05, 0.1) is 22.7 Å². The molecule has 3 aromatic rings. The van der Waals surface area contributed by atoms with Crippen molar-refractivity contribution in [1.29, 1.82) is 0 Å². The number of hydrogen-bond acceptors (Lipinski definition) is 5. The lowest BCUT2D eigenvalue weighted by Crippen LogP contribution is -2.31. The Labute approximate surface area is 177 Å². The van der Waals surface area contributed by atoms with Crippen LogP contribution in [0.5, 0.6) is 5.88 Å².